The molecule has 0 aliphatic heterocycles. The van der Waals surface area contributed by atoms with Crippen molar-refractivity contribution in [3.8, 4) is 5.75 Å². The SMILES string of the molecule is CCCNC(=O)c1cc(S(=O)(=O)Nc2ccc(OCC)cc2)ccc1Cl. The van der Waals surface area contributed by atoms with Crippen molar-refractivity contribution in [2.75, 3.05) is 17.9 Å². The summed E-state index contributed by atoms with van der Waals surface area (Å²) in [4.78, 5) is 12.1. The topological polar surface area (TPSA) is 84.5 Å². The van der Waals surface area contributed by atoms with Crippen LogP contribution in [0.15, 0.2) is 47.4 Å². The number of rotatable bonds is 8. The molecule has 0 saturated carbocycles. The van der Waals surface area contributed by atoms with E-state index in [-0.39, 0.29) is 15.5 Å². The van der Waals surface area contributed by atoms with Gasteiger partial charge in [-0.05, 0) is 55.8 Å². The minimum Gasteiger partial charge on any atom is -0.494 e. The molecule has 0 aliphatic carbocycles. The van der Waals surface area contributed by atoms with Gasteiger partial charge < -0.3 is 10.1 Å². The fourth-order valence-electron chi connectivity index (χ4n) is 2.18. The largest absolute Gasteiger partial charge is 0.494 e. The summed E-state index contributed by atoms with van der Waals surface area (Å²) < 4.78 is 33.0. The Morgan fingerprint density at radius 1 is 1.12 bits per heavy atom. The number of halogens is 1. The first-order valence-electron chi connectivity index (χ1n) is 8.20. The Bertz CT molecular complexity index is 867. The van der Waals surface area contributed by atoms with Gasteiger partial charge in [0.15, 0.2) is 0 Å². The van der Waals surface area contributed by atoms with Gasteiger partial charge in [-0.15, -0.1) is 0 Å². The smallest absolute Gasteiger partial charge is 0.261 e. The number of sulfonamides is 1. The highest BCUT2D eigenvalue weighted by Gasteiger charge is 2.19. The molecule has 0 spiro atoms. The molecule has 6 nitrogen and oxygen atoms in total. The molecule has 2 aromatic carbocycles. The number of hydrogen-bond acceptors (Lipinski definition) is 4. The molecule has 140 valence electrons. The predicted molar refractivity (Wildman–Crippen MR) is 102 cm³/mol. The van der Waals surface area contributed by atoms with Crippen molar-refractivity contribution < 1.29 is 17.9 Å². The summed E-state index contributed by atoms with van der Waals surface area (Å²) in [5.74, 6) is 0.242. The number of amides is 1. The van der Waals surface area contributed by atoms with E-state index in [9.17, 15) is 13.2 Å². The lowest BCUT2D eigenvalue weighted by Gasteiger charge is -2.11. The number of ether oxygens (including phenoxy) is 1. The highest BCUT2D eigenvalue weighted by atomic mass is 35.5. The summed E-state index contributed by atoms with van der Waals surface area (Å²) in [6, 6.07) is 10.6. The number of carbonyl (C=O) groups is 1. The average Bonchev–Trinajstić information content (AvgIpc) is 2.61. The summed E-state index contributed by atoms with van der Waals surface area (Å²) in [5.41, 5.74) is 0.509. The van der Waals surface area contributed by atoms with Crippen LogP contribution >= 0.6 is 11.6 Å². The van der Waals surface area contributed by atoms with Crippen molar-refractivity contribution in [1.82, 2.24) is 5.32 Å². The van der Waals surface area contributed by atoms with Crippen LogP contribution in [0.3, 0.4) is 0 Å². The van der Waals surface area contributed by atoms with E-state index in [4.69, 9.17) is 16.3 Å². The molecule has 0 atom stereocenters. The molecule has 0 bridgehead atoms. The third-order valence-electron chi connectivity index (χ3n) is 3.45. The first-order valence-corrected chi connectivity index (χ1v) is 10.1. The highest BCUT2D eigenvalue weighted by Crippen LogP contribution is 2.23. The van der Waals surface area contributed by atoms with E-state index in [1.165, 1.54) is 18.2 Å². The molecule has 8 heteroatoms. The van der Waals surface area contributed by atoms with E-state index in [1.807, 2.05) is 13.8 Å². The van der Waals surface area contributed by atoms with Crippen LogP contribution in [0.25, 0.3) is 0 Å². The second kappa shape index (κ2) is 8.91. The summed E-state index contributed by atoms with van der Waals surface area (Å²) in [7, 11) is -3.86. The Labute approximate surface area is 158 Å². The van der Waals surface area contributed by atoms with Crippen LogP contribution in [0.5, 0.6) is 5.75 Å². The van der Waals surface area contributed by atoms with Gasteiger partial charge in [-0.25, -0.2) is 8.42 Å². The zero-order valence-electron chi connectivity index (χ0n) is 14.6. The van der Waals surface area contributed by atoms with Crippen molar-refractivity contribution in [1.29, 1.82) is 0 Å². The van der Waals surface area contributed by atoms with Crippen LogP contribution in [0.4, 0.5) is 5.69 Å². The maximum absolute atomic E-state index is 12.6. The Morgan fingerprint density at radius 3 is 2.42 bits per heavy atom. The normalized spacial score (nSPS) is 11.0. The molecule has 0 saturated heterocycles. The van der Waals surface area contributed by atoms with E-state index in [1.54, 1.807) is 24.3 Å². The third-order valence-corrected chi connectivity index (χ3v) is 5.15. The number of anilines is 1. The fraction of sp³-hybridized carbons (Fsp3) is 0.278. The van der Waals surface area contributed by atoms with Crippen molar-refractivity contribution in [2.45, 2.75) is 25.2 Å². The van der Waals surface area contributed by atoms with E-state index >= 15 is 0 Å². The zero-order chi connectivity index (χ0) is 19.2. The first kappa shape index (κ1) is 20.1. The lowest BCUT2D eigenvalue weighted by atomic mass is 10.2. The molecule has 0 radical (unpaired) electrons. The van der Waals surface area contributed by atoms with Crippen LogP contribution in [0, 0.1) is 0 Å². The molecule has 26 heavy (non-hydrogen) atoms. The standard InChI is InChI=1S/C18H21ClN2O4S/c1-3-11-20-18(22)16-12-15(9-10-17(16)19)26(23,24)21-13-5-7-14(8-6-13)25-4-2/h5-10,12,21H,3-4,11H2,1-2H3,(H,20,22). The minimum absolute atomic E-state index is 0.0440. The second-order valence-electron chi connectivity index (χ2n) is 5.46. The summed E-state index contributed by atoms with van der Waals surface area (Å²) in [6.07, 6.45) is 0.765. The highest BCUT2D eigenvalue weighted by molar-refractivity contribution is 7.92. The predicted octanol–water partition coefficient (Wildman–Crippen LogP) is 3.68. The zero-order valence-corrected chi connectivity index (χ0v) is 16.2. The van der Waals surface area contributed by atoms with Crippen LogP contribution in [-0.4, -0.2) is 27.5 Å². The molecule has 2 aromatic rings. The van der Waals surface area contributed by atoms with Crippen LogP contribution < -0.4 is 14.8 Å². The molecule has 2 rings (SSSR count). The van der Waals surface area contributed by atoms with Crippen molar-refractivity contribution >= 4 is 33.2 Å². The van der Waals surface area contributed by atoms with Gasteiger partial charge >= 0.3 is 0 Å². The molecule has 0 unspecified atom stereocenters. The van der Waals surface area contributed by atoms with Crippen molar-refractivity contribution in [3.63, 3.8) is 0 Å². The molecule has 1 amide bonds. The molecule has 0 heterocycles. The van der Waals surface area contributed by atoms with Crippen molar-refractivity contribution in [3.05, 3.63) is 53.1 Å². The average molecular weight is 397 g/mol. The Balaban J connectivity index is 2.24. The Hall–Kier alpha value is -2.25. The van der Waals surface area contributed by atoms with E-state index < -0.39 is 15.9 Å². The molecule has 0 aliphatic rings. The number of carbonyl (C=O) groups excluding carboxylic acids is 1. The lowest BCUT2D eigenvalue weighted by Crippen LogP contribution is -2.24. The summed E-state index contributed by atoms with van der Waals surface area (Å²) in [6.45, 7) is 4.80. The van der Waals surface area contributed by atoms with Gasteiger partial charge in [-0.1, -0.05) is 18.5 Å². The quantitative estimate of drug-likeness (QED) is 0.712. The summed E-state index contributed by atoms with van der Waals surface area (Å²) >= 11 is 6.04. The van der Waals surface area contributed by atoms with Gasteiger partial charge in [0, 0.05) is 12.2 Å². The van der Waals surface area contributed by atoms with Crippen LogP contribution in [0.1, 0.15) is 30.6 Å². The number of hydrogen-bond donors (Lipinski definition) is 2. The third kappa shape index (κ3) is 5.12. The van der Waals surface area contributed by atoms with Gasteiger partial charge in [0.2, 0.25) is 0 Å². The van der Waals surface area contributed by atoms with Gasteiger partial charge in [0.05, 0.1) is 22.1 Å². The molecule has 2 N–H and O–H groups in total. The van der Waals surface area contributed by atoms with E-state index in [2.05, 4.69) is 10.0 Å². The van der Waals surface area contributed by atoms with Gasteiger partial charge in [0.1, 0.15) is 5.75 Å². The molecular weight excluding hydrogens is 376 g/mol. The Kier molecular flexibility index (Phi) is 6.88. The Morgan fingerprint density at radius 2 is 1.81 bits per heavy atom. The van der Waals surface area contributed by atoms with Crippen LogP contribution in [-0.2, 0) is 10.0 Å². The lowest BCUT2D eigenvalue weighted by molar-refractivity contribution is 0.0953. The maximum Gasteiger partial charge on any atom is 0.261 e. The fourth-order valence-corrected chi connectivity index (χ4v) is 3.47. The first-order chi connectivity index (χ1) is 12.4. The number of nitrogens with one attached hydrogen (secondary N) is 2. The second-order valence-corrected chi connectivity index (χ2v) is 7.55. The van der Waals surface area contributed by atoms with E-state index in [0.29, 0.717) is 24.6 Å². The maximum atomic E-state index is 12.6. The minimum atomic E-state index is -3.86. The molecular formula is C18H21ClN2O4S. The van der Waals surface area contributed by atoms with Crippen molar-refractivity contribution in [2.24, 2.45) is 0 Å². The summed E-state index contributed by atoms with van der Waals surface area (Å²) in [5, 5.41) is 2.88. The molecule has 0 aromatic heterocycles. The number of benzene rings is 2. The van der Waals surface area contributed by atoms with Gasteiger partial charge in [-0.2, -0.15) is 0 Å². The monoisotopic (exact) mass is 396 g/mol. The van der Waals surface area contributed by atoms with Crippen LogP contribution in [0.2, 0.25) is 5.02 Å². The van der Waals surface area contributed by atoms with E-state index in [0.717, 1.165) is 6.42 Å². The molecule has 0 fully saturated rings. The van der Waals surface area contributed by atoms with Gasteiger partial charge in [-0.3, -0.25) is 9.52 Å². The van der Waals surface area contributed by atoms with Gasteiger partial charge in [0.25, 0.3) is 15.9 Å².